The van der Waals surface area contributed by atoms with Gasteiger partial charge in [0.25, 0.3) is 11.8 Å². The quantitative estimate of drug-likeness (QED) is 0.457. The van der Waals surface area contributed by atoms with Crippen molar-refractivity contribution in [1.82, 2.24) is 14.8 Å². The van der Waals surface area contributed by atoms with Crippen molar-refractivity contribution in [1.29, 1.82) is 0 Å². The third-order valence-electron chi connectivity index (χ3n) is 6.89. The Labute approximate surface area is 202 Å². The molecule has 3 aromatic carbocycles. The molecule has 8 heteroatoms. The number of hydrogen-bond acceptors (Lipinski definition) is 4. The lowest BCUT2D eigenvalue weighted by Gasteiger charge is -2.20. The number of likely N-dealkylation sites (tertiary alicyclic amines) is 1. The molecule has 1 aliphatic heterocycles. The van der Waals surface area contributed by atoms with Crippen LogP contribution < -0.4 is 10.5 Å². The van der Waals surface area contributed by atoms with Gasteiger partial charge in [-0.3, -0.25) is 9.59 Å². The number of nitrogens with one attached hydrogen (secondary N) is 1. The standard InChI is InChI=1S/C27H27FN4O3/c1-31(2)18-8-9-32(14-18)27(34)16-4-6-19-20-10-17(15-5-7-24(35-3)22(28)12-15)11-21(26(29)33)25(20)30-23(19)13-16/h4-7,10-13,18,30H,8-9,14H2,1-3H3,(H2,29,33). The fourth-order valence-corrected chi connectivity index (χ4v) is 4.88. The molecule has 2 amide bonds. The average Bonchev–Trinajstić information content (AvgIpc) is 3.47. The number of benzene rings is 3. The number of nitrogens with zero attached hydrogens (tertiary/aromatic N) is 2. The van der Waals surface area contributed by atoms with Crippen LogP contribution in [0.25, 0.3) is 32.9 Å². The van der Waals surface area contributed by atoms with E-state index >= 15 is 0 Å². The fraction of sp³-hybridized carbons (Fsp3) is 0.259. The number of methoxy groups -OCH3 is 1. The highest BCUT2D eigenvalue weighted by atomic mass is 19.1. The van der Waals surface area contributed by atoms with Gasteiger partial charge in [-0.2, -0.15) is 0 Å². The maximum atomic E-state index is 14.4. The molecule has 0 bridgehead atoms. The third kappa shape index (κ3) is 4.00. The zero-order valence-corrected chi connectivity index (χ0v) is 19.9. The number of nitrogens with two attached hydrogens (primary N) is 1. The number of ether oxygens (including phenoxy) is 1. The molecule has 35 heavy (non-hydrogen) atoms. The Morgan fingerprint density at radius 3 is 2.54 bits per heavy atom. The maximum absolute atomic E-state index is 14.4. The van der Waals surface area contributed by atoms with Crippen LogP contribution in [0.4, 0.5) is 4.39 Å². The smallest absolute Gasteiger partial charge is 0.253 e. The van der Waals surface area contributed by atoms with Gasteiger partial charge < -0.3 is 25.3 Å². The van der Waals surface area contributed by atoms with E-state index < -0.39 is 11.7 Å². The molecule has 0 aliphatic carbocycles. The van der Waals surface area contributed by atoms with E-state index in [4.69, 9.17) is 10.5 Å². The molecule has 1 atom stereocenters. The molecule has 0 radical (unpaired) electrons. The van der Waals surface area contributed by atoms with Gasteiger partial charge in [0.05, 0.1) is 18.2 Å². The Hall–Kier alpha value is -3.91. The maximum Gasteiger partial charge on any atom is 0.253 e. The van der Waals surface area contributed by atoms with E-state index in [-0.39, 0.29) is 11.7 Å². The zero-order valence-electron chi connectivity index (χ0n) is 19.9. The summed E-state index contributed by atoms with van der Waals surface area (Å²) in [5.41, 5.74) is 9.15. The van der Waals surface area contributed by atoms with Crippen LogP contribution in [0, 0.1) is 5.82 Å². The van der Waals surface area contributed by atoms with E-state index in [0.29, 0.717) is 40.4 Å². The van der Waals surface area contributed by atoms with Crippen LogP contribution in [0.15, 0.2) is 48.5 Å². The van der Waals surface area contributed by atoms with Crippen molar-refractivity contribution in [2.24, 2.45) is 5.73 Å². The Morgan fingerprint density at radius 2 is 1.89 bits per heavy atom. The van der Waals surface area contributed by atoms with Gasteiger partial charge in [-0.05, 0) is 68.0 Å². The summed E-state index contributed by atoms with van der Waals surface area (Å²) < 4.78 is 19.4. The summed E-state index contributed by atoms with van der Waals surface area (Å²) in [7, 11) is 5.46. The molecule has 2 heterocycles. The first-order valence-corrected chi connectivity index (χ1v) is 11.5. The van der Waals surface area contributed by atoms with E-state index in [9.17, 15) is 14.0 Å². The molecule has 1 unspecified atom stereocenters. The van der Waals surface area contributed by atoms with Crippen LogP contribution in [0.3, 0.4) is 0 Å². The second-order valence-corrected chi connectivity index (χ2v) is 9.20. The molecule has 5 rings (SSSR count). The van der Waals surface area contributed by atoms with Crippen molar-refractivity contribution in [2.45, 2.75) is 12.5 Å². The number of primary amides is 1. The van der Waals surface area contributed by atoms with Crippen molar-refractivity contribution >= 4 is 33.6 Å². The van der Waals surface area contributed by atoms with Crippen LogP contribution in [0.5, 0.6) is 5.75 Å². The number of aromatic nitrogens is 1. The van der Waals surface area contributed by atoms with Crippen LogP contribution in [-0.2, 0) is 0 Å². The SMILES string of the molecule is COc1ccc(-c2cc(C(N)=O)c3[nH]c4cc(C(=O)N5CCC(N(C)C)C5)ccc4c3c2)cc1F. The van der Waals surface area contributed by atoms with Crippen LogP contribution in [0.2, 0.25) is 0 Å². The van der Waals surface area contributed by atoms with E-state index in [1.54, 1.807) is 18.2 Å². The lowest BCUT2D eigenvalue weighted by Crippen LogP contribution is -2.34. The van der Waals surface area contributed by atoms with Gasteiger partial charge in [0.2, 0.25) is 0 Å². The molecule has 1 fully saturated rings. The predicted molar refractivity (Wildman–Crippen MR) is 134 cm³/mol. The number of likely N-dealkylation sites (N-methyl/N-ethyl adjacent to an activating group) is 1. The zero-order chi connectivity index (χ0) is 24.9. The minimum Gasteiger partial charge on any atom is -0.494 e. The highest BCUT2D eigenvalue weighted by Gasteiger charge is 2.28. The minimum atomic E-state index is -0.597. The van der Waals surface area contributed by atoms with Crippen molar-refractivity contribution in [3.05, 3.63) is 65.5 Å². The molecule has 0 spiro atoms. The number of hydrogen-bond donors (Lipinski definition) is 2. The molecule has 0 saturated carbocycles. The molecule has 1 aliphatic rings. The van der Waals surface area contributed by atoms with Gasteiger partial charge in [-0.15, -0.1) is 0 Å². The Kier molecular flexibility index (Phi) is 5.68. The molecule has 1 saturated heterocycles. The number of aromatic amines is 1. The van der Waals surface area contributed by atoms with Crippen molar-refractivity contribution in [3.8, 4) is 16.9 Å². The first-order valence-electron chi connectivity index (χ1n) is 11.5. The van der Waals surface area contributed by atoms with E-state index in [1.165, 1.54) is 13.2 Å². The minimum absolute atomic E-state index is 0.0144. The molecule has 180 valence electrons. The Balaban J connectivity index is 1.58. The van der Waals surface area contributed by atoms with Crippen molar-refractivity contribution in [3.63, 3.8) is 0 Å². The van der Waals surface area contributed by atoms with Gasteiger partial charge in [-0.1, -0.05) is 12.1 Å². The highest BCUT2D eigenvalue weighted by Crippen LogP contribution is 2.34. The third-order valence-corrected chi connectivity index (χ3v) is 6.89. The van der Waals surface area contributed by atoms with Crippen LogP contribution >= 0.6 is 0 Å². The number of H-pyrrole nitrogens is 1. The summed E-state index contributed by atoms with van der Waals surface area (Å²) >= 11 is 0. The van der Waals surface area contributed by atoms with Crippen molar-refractivity contribution < 1.29 is 18.7 Å². The van der Waals surface area contributed by atoms with Gasteiger partial charge in [0.1, 0.15) is 0 Å². The van der Waals surface area contributed by atoms with Crippen molar-refractivity contribution in [2.75, 3.05) is 34.3 Å². The summed E-state index contributed by atoms with van der Waals surface area (Å²) in [5.74, 6) is -0.963. The van der Waals surface area contributed by atoms with E-state index in [0.717, 1.165) is 29.3 Å². The molecule has 3 N–H and O–H groups in total. The summed E-state index contributed by atoms with van der Waals surface area (Å²) in [5, 5.41) is 1.62. The van der Waals surface area contributed by atoms with E-state index in [2.05, 4.69) is 9.88 Å². The summed E-state index contributed by atoms with van der Waals surface area (Å²) in [4.78, 5) is 32.8. The second-order valence-electron chi connectivity index (χ2n) is 9.20. The van der Waals surface area contributed by atoms with E-state index in [1.807, 2.05) is 43.3 Å². The average molecular weight is 475 g/mol. The molecule has 1 aromatic heterocycles. The number of amides is 2. The summed E-state index contributed by atoms with van der Waals surface area (Å²) in [6.07, 6.45) is 0.948. The first-order chi connectivity index (χ1) is 16.8. The molecule has 4 aromatic rings. The topological polar surface area (TPSA) is 91.7 Å². The Morgan fingerprint density at radius 1 is 1.09 bits per heavy atom. The lowest BCUT2D eigenvalue weighted by atomic mass is 9.98. The lowest BCUT2D eigenvalue weighted by molar-refractivity contribution is 0.0783. The molecular weight excluding hydrogens is 447 g/mol. The number of fused-ring (bicyclic) bond motifs is 3. The number of carbonyl (C=O) groups is 2. The number of halogens is 1. The fourth-order valence-electron chi connectivity index (χ4n) is 4.88. The normalized spacial score (nSPS) is 15.9. The van der Waals surface area contributed by atoms with Crippen LogP contribution in [0.1, 0.15) is 27.1 Å². The summed E-state index contributed by atoms with van der Waals surface area (Å²) in [6.45, 7) is 1.42. The van der Waals surface area contributed by atoms with Crippen LogP contribution in [-0.4, -0.2) is 66.9 Å². The highest BCUT2D eigenvalue weighted by molar-refractivity contribution is 6.17. The summed E-state index contributed by atoms with van der Waals surface area (Å²) in [6, 6.07) is 14.1. The number of rotatable bonds is 5. The first kappa shape index (κ1) is 22.9. The molecule has 7 nitrogen and oxygen atoms in total. The second kappa shape index (κ2) is 8.70. The predicted octanol–water partition coefficient (Wildman–Crippen LogP) is 4.01. The van der Waals surface area contributed by atoms with Gasteiger partial charge in [-0.25, -0.2) is 4.39 Å². The molecular formula is C27H27FN4O3. The van der Waals surface area contributed by atoms with Gasteiger partial charge >= 0.3 is 0 Å². The monoisotopic (exact) mass is 474 g/mol. The Bertz CT molecular complexity index is 1480. The largest absolute Gasteiger partial charge is 0.494 e. The van der Waals surface area contributed by atoms with Gasteiger partial charge in [0.15, 0.2) is 11.6 Å². The number of carbonyl (C=O) groups excluding carboxylic acids is 2. The van der Waals surface area contributed by atoms with Gasteiger partial charge in [0, 0.05) is 41.0 Å².